The predicted octanol–water partition coefficient (Wildman–Crippen LogP) is 6.66. The maximum Gasteiger partial charge on any atom is 0.309 e. The van der Waals surface area contributed by atoms with Crippen molar-refractivity contribution in [2.45, 2.75) is 6.92 Å². The van der Waals surface area contributed by atoms with Gasteiger partial charge in [0.25, 0.3) is 0 Å². The van der Waals surface area contributed by atoms with E-state index in [4.69, 9.17) is 16.3 Å². The third kappa shape index (κ3) is 4.20. The molecule has 0 fully saturated rings. The molecular formula is C25H18ClNO2. The highest BCUT2D eigenvalue weighted by Gasteiger charge is 2.19. The van der Waals surface area contributed by atoms with Gasteiger partial charge in [-0.3, -0.25) is 4.79 Å². The van der Waals surface area contributed by atoms with E-state index in [2.05, 4.69) is 4.98 Å². The van der Waals surface area contributed by atoms with Crippen LogP contribution in [0.4, 0.5) is 0 Å². The summed E-state index contributed by atoms with van der Waals surface area (Å²) < 4.78 is 5.57. The van der Waals surface area contributed by atoms with E-state index in [0.29, 0.717) is 10.7 Å². The Kier molecular flexibility index (Phi) is 5.41. The van der Waals surface area contributed by atoms with E-state index < -0.39 is 5.97 Å². The first-order chi connectivity index (χ1) is 14.1. The average molecular weight is 400 g/mol. The molecule has 1 heterocycles. The van der Waals surface area contributed by atoms with Gasteiger partial charge in [0.15, 0.2) is 0 Å². The van der Waals surface area contributed by atoms with Crippen molar-refractivity contribution in [3.05, 3.63) is 96.0 Å². The van der Waals surface area contributed by atoms with Crippen molar-refractivity contribution < 1.29 is 9.53 Å². The summed E-state index contributed by atoms with van der Waals surface area (Å²) in [6.45, 7) is 1.38. The second kappa shape index (κ2) is 8.29. The van der Waals surface area contributed by atoms with E-state index >= 15 is 0 Å². The van der Waals surface area contributed by atoms with E-state index in [9.17, 15) is 4.79 Å². The van der Waals surface area contributed by atoms with Crippen LogP contribution in [0.1, 0.15) is 6.92 Å². The van der Waals surface area contributed by atoms with Crippen LogP contribution >= 0.6 is 11.6 Å². The molecule has 0 radical (unpaired) electrons. The molecule has 0 aliphatic heterocycles. The second-order valence-electron chi connectivity index (χ2n) is 6.57. The van der Waals surface area contributed by atoms with Crippen molar-refractivity contribution in [1.29, 1.82) is 0 Å². The summed E-state index contributed by atoms with van der Waals surface area (Å²) in [5.41, 5.74) is 5.25. The fraction of sp³-hybridized carbons (Fsp3) is 0.0400. The Hall–Kier alpha value is -3.43. The standard InChI is InChI=1S/C25H18ClNO2/c1-17(28)29-25-24(20-10-6-3-7-11-20)22(18-8-4-2-5-9-18)16-23(27-25)19-12-14-21(26)15-13-19/h2-16H,1H3. The van der Waals surface area contributed by atoms with Crippen molar-refractivity contribution in [1.82, 2.24) is 4.98 Å². The molecule has 0 spiro atoms. The van der Waals surface area contributed by atoms with Crippen molar-refractivity contribution in [3.8, 4) is 39.4 Å². The largest absolute Gasteiger partial charge is 0.407 e. The first-order valence-electron chi connectivity index (χ1n) is 9.22. The molecule has 0 aliphatic rings. The fourth-order valence-corrected chi connectivity index (χ4v) is 3.36. The number of pyridine rings is 1. The molecule has 3 nitrogen and oxygen atoms in total. The molecule has 0 saturated carbocycles. The van der Waals surface area contributed by atoms with Crippen molar-refractivity contribution in [2.75, 3.05) is 0 Å². The third-order valence-corrected chi connectivity index (χ3v) is 4.77. The molecule has 0 bridgehead atoms. The minimum atomic E-state index is -0.415. The number of ether oxygens (including phenoxy) is 1. The zero-order valence-corrected chi connectivity index (χ0v) is 16.6. The summed E-state index contributed by atoms with van der Waals surface area (Å²) in [6, 6.07) is 29.3. The van der Waals surface area contributed by atoms with Gasteiger partial charge in [0, 0.05) is 17.5 Å². The highest BCUT2D eigenvalue weighted by Crippen LogP contribution is 2.40. The molecular weight excluding hydrogens is 382 g/mol. The molecule has 29 heavy (non-hydrogen) atoms. The fourth-order valence-electron chi connectivity index (χ4n) is 3.23. The minimum absolute atomic E-state index is 0.287. The molecule has 0 unspecified atom stereocenters. The van der Waals surface area contributed by atoms with Crippen LogP contribution in [-0.4, -0.2) is 11.0 Å². The Bertz CT molecular complexity index is 1140. The third-order valence-electron chi connectivity index (χ3n) is 4.51. The molecule has 0 amide bonds. The number of carbonyl (C=O) groups excluding carboxylic acids is 1. The van der Waals surface area contributed by atoms with Gasteiger partial charge in [-0.2, -0.15) is 0 Å². The molecule has 1 aromatic heterocycles. The number of hydrogen-bond acceptors (Lipinski definition) is 3. The van der Waals surface area contributed by atoms with Crippen LogP contribution in [0.2, 0.25) is 5.02 Å². The first kappa shape index (κ1) is 18.9. The molecule has 4 rings (SSSR count). The molecule has 4 heteroatoms. The van der Waals surface area contributed by atoms with Crippen molar-refractivity contribution in [2.24, 2.45) is 0 Å². The normalized spacial score (nSPS) is 10.6. The maximum absolute atomic E-state index is 11.9. The van der Waals surface area contributed by atoms with E-state index in [-0.39, 0.29) is 5.88 Å². The molecule has 3 aromatic carbocycles. The van der Waals surface area contributed by atoms with Gasteiger partial charge in [0.05, 0.1) is 11.3 Å². The predicted molar refractivity (Wildman–Crippen MR) is 117 cm³/mol. The summed E-state index contributed by atoms with van der Waals surface area (Å²) in [6.07, 6.45) is 0. The summed E-state index contributed by atoms with van der Waals surface area (Å²) >= 11 is 6.04. The molecule has 142 valence electrons. The summed E-state index contributed by atoms with van der Waals surface area (Å²) in [4.78, 5) is 16.5. The summed E-state index contributed by atoms with van der Waals surface area (Å²) in [7, 11) is 0. The number of benzene rings is 3. The maximum atomic E-state index is 11.9. The molecule has 4 aromatic rings. The van der Waals surface area contributed by atoms with Crippen molar-refractivity contribution in [3.63, 3.8) is 0 Å². The molecule has 0 aliphatic carbocycles. The van der Waals surface area contributed by atoms with Gasteiger partial charge in [-0.15, -0.1) is 0 Å². The number of aromatic nitrogens is 1. The van der Waals surface area contributed by atoms with Gasteiger partial charge in [-0.05, 0) is 34.9 Å². The monoisotopic (exact) mass is 399 g/mol. The second-order valence-corrected chi connectivity index (χ2v) is 7.00. The number of hydrogen-bond donors (Lipinski definition) is 0. The van der Waals surface area contributed by atoms with Crippen LogP contribution in [0.3, 0.4) is 0 Å². The zero-order chi connectivity index (χ0) is 20.2. The lowest BCUT2D eigenvalue weighted by atomic mass is 9.94. The lowest BCUT2D eigenvalue weighted by molar-refractivity contribution is -0.132. The number of carbonyl (C=O) groups is 1. The number of nitrogens with zero attached hydrogens (tertiary/aromatic N) is 1. The topological polar surface area (TPSA) is 39.2 Å². The van der Waals surface area contributed by atoms with Gasteiger partial charge in [0.2, 0.25) is 5.88 Å². The Balaban J connectivity index is 2.02. The number of rotatable bonds is 4. The highest BCUT2D eigenvalue weighted by atomic mass is 35.5. The summed E-state index contributed by atoms with van der Waals surface area (Å²) in [5, 5.41) is 0.651. The number of halogens is 1. The van der Waals surface area contributed by atoms with Gasteiger partial charge in [0.1, 0.15) is 0 Å². The van der Waals surface area contributed by atoms with Crippen LogP contribution in [0.5, 0.6) is 5.88 Å². The van der Waals surface area contributed by atoms with Crippen LogP contribution in [0.25, 0.3) is 33.5 Å². The van der Waals surface area contributed by atoms with E-state index in [0.717, 1.165) is 27.8 Å². The SMILES string of the molecule is CC(=O)Oc1nc(-c2ccc(Cl)cc2)cc(-c2ccccc2)c1-c1ccccc1. The highest BCUT2D eigenvalue weighted by molar-refractivity contribution is 6.30. The van der Waals surface area contributed by atoms with Gasteiger partial charge < -0.3 is 4.74 Å². The molecule has 0 atom stereocenters. The Morgan fingerprint density at radius 3 is 1.97 bits per heavy atom. The molecule has 0 N–H and O–H groups in total. The van der Waals surface area contributed by atoms with Gasteiger partial charge in [-0.1, -0.05) is 84.4 Å². The lowest BCUT2D eigenvalue weighted by Crippen LogP contribution is -2.06. The first-order valence-corrected chi connectivity index (χ1v) is 9.60. The van der Waals surface area contributed by atoms with E-state index in [1.54, 1.807) is 0 Å². The quantitative estimate of drug-likeness (QED) is 0.360. The van der Waals surface area contributed by atoms with Crippen LogP contribution < -0.4 is 4.74 Å². The van der Waals surface area contributed by atoms with Gasteiger partial charge in [-0.25, -0.2) is 4.98 Å². The van der Waals surface area contributed by atoms with Gasteiger partial charge >= 0.3 is 5.97 Å². The summed E-state index contributed by atoms with van der Waals surface area (Å²) in [5.74, 6) is -0.128. The van der Waals surface area contributed by atoms with Crippen molar-refractivity contribution >= 4 is 17.6 Å². The van der Waals surface area contributed by atoms with Crippen LogP contribution in [-0.2, 0) is 4.79 Å². The van der Waals surface area contributed by atoms with E-state index in [1.165, 1.54) is 6.92 Å². The van der Waals surface area contributed by atoms with Crippen LogP contribution in [0, 0.1) is 0 Å². The molecule has 0 saturated heterocycles. The lowest BCUT2D eigenvalue weighted by Gasteiger charge is -2.16. The zero-order valence-electron chi connectivity index (χ0n) is 15.8. The Morgan fingerprint density at radius 1 is 0.793 bits per heavy atom. The van der Waals surface area contributed by atoms with E-state index in [1.807, 2.05) is 91.0 Å². The Morgan fingerprint density at radius 2 is 1.38 bits per heavy atom. The van der Waals surface area contributed by atoms with Crippen LogP contribution in [0.15, 0.2) is 91.0 Å². The minimum Gasteiger partial charge on any atom is -0.407 e. The average Bonchev–Trinajstić information content (AvgIpc) is 2.74. The smallest absolute Gasteiger partial charge is 0.309 e. The number of esters is 1. The Labute approximate surface area is 174 Å².